The van der Waals surface area contributed by atoms with Gasteiger partial charge >= 0.3 is 0 Å². The van der Waals surface area contributed by atoms with Crippen LogP contribution in [0, 0.1) is 0 Å². The second kappa shape index (κ2) is 8.11. The number of carbonyl (C=O) groups excluding carboxylic acids is 1. The van der Waals surface area contributed by atoms with Crippen LogP contribution in [-0.2, 0) is 6.42 Å². The van der Waals surface area contributed by atoms with E-state index in [-0.39, 0.29) is 12.5 Å². The van der Waals surface area contributed by atoms with Gasteiger partial charge in [-0.1, -0.05) is 42.8 Å². The summed E-state index contributed by atoms with van der Waals surface area (Å²) in [5, 5.41) is 14.9. The molecule has 1 atom stereocenters. The summed E-state index contributed by atoms with van der Waals surface area (Å²) in [7, 11) is 0. The number of fused-ring (bicyclic) bond motifs is 3. The lowest BCUT2D eigenvalue weighted by Crippen LogP contribution is -2.30. The van der Waals surface area contributed by atoms with Crippen LogP contribution in [0.1, 0.15) is 29.1 Å². The van der Waals surface area contributed by atoms with Crippen LogP contribution in [0.5, 0.6) is 0 Å². The van der Waals surface area contributed by atoms with Gasteiger partial charge in [0.2, 0.25) is 0 Å². The number of pyridine rings is 1. The fraction of sp³-hybridized carbons (Fsp3) is 0.217. The van der Waals surface area contributed by atoms with E-state index in [1.54, 1.807) is 6.92 Å². The van der Waals surface area contributed by atoms with Crippen molar-refractivity contribution in [3.63, 3.8) is 0 Å². The molecule has 148 valence electrons. The van der Waals surface area contributed by atoms with Crippen molar-refractivity contribution < 1.29 is 9.90 Å². The first kappa shape index (κ1) is 19.8. The normalized spacial score (nSPS) is 12.4. The maximum atomic E-state index is 13.0. The van der Waals surface area contributed by atoms with E-state index >= 15 is 0 Å². The first-order valence-electron chi connectivity index (χ1n) is 9.54. The van der Waals surface area contributed by atoms with E-state index in [1.165, 1.54) is 16.9 Å². The number of carbonyl (C=O) groups is 1. The molecule has 4 aromatic rings. The lowest BCUT2D eigenvalue weighted by atomic mass is 9.99. The number of hydrogen-bond acceptors (Lipinski definition) is 4. The SMILES string of the molecule is CCc1ccc(-c2c(C(=O)NC[C@H](C)O)sc3c2cnc2ccc(Cl)cc23)cc1. The first-order valence-corrected chi connectivity index (χ1v) is 10.7. The molecule has 2 N–H and O–H groups in total. The number of amides is 1. The number of nitrogens with zero attached hydrogens (tertiary/aromatic N) is 1. The molecule has 4 rings (SSSR count). The molecule has 0 aliphatic carbocycles. The Morgan fingerprint density at radius 1 is 1.21 bits per heavy atom. The second-order valence-electron chi connectivity index (χ2n) is 7.08. The standard InChI is InChI=1S/C23H21ClN2O2S/c1-3-14-4-6-15(7-5-14)20-18-12-25-19-9-8-16(24)10-17(19)21(18)29-22(20)23(28)26-11-13(2)27/h4-10,12-13,27H,3,11H2,1-2H3,(H,26,28)/t13-/m0/s1. The van der Waals surface area contributed by atoms with E-state index in [1.807, 2.05) is 36.5 Å². The van der Waals surface area contributed by atoms with Crippen molar-refractivity contribution in [3.05, 3.63) is 64.1 Å². The van der Waals surface area contributed by atoms with Gasteiger partial charge in [0.05, 0.1) is 11.6 Å². The lowest BCUT2D eigenvalue weighted by Gasteiger charge is -2.09. The molecule has 29 heavy (non-hydrogen) atoms. The van der Waals surface area contributed by atoms with Crippen LogP contribution in [0.4, 0.5) is 0 Å². The second-order valence-corrected chi connectivity index (χ2v) is 8.54. The minimum atomic E-state index is -0.609. The first-order chi connectivity index (χ1) is 14.0. The number of rotatable bonds is 5. The van der Waals surface area contributed by atoms with E-state index in [2.05, 4.69) is 29.4 Å². The van der Waals surface area contributed by atoms with Crippen molar-refractivity contribution in [1.82, 2.24) is 10.3 Å². The average molecular weight is 425 g/mol. The van der Waals surface area contributed by atoms with E-state index in [0.29, 0.717) is 9.90 Å². The molecule has 0 unspecified atom stereocenters. The number of aromatic nitrogens is 1. The molecule has 2 heterocycles. The third kappa shape index (κ3) is 3.86. The molecule has 0 saturated heterocycles. The highest BCUT2D eigenvalue weighted by Gasteiger charge is 2.22. The predicted octanol–water partition coefficient (Wildman–Crippen LogP) is 5.44. The summed E-state index contributed by atoms with van der Waals surface area (Å²) in [6, 6.07) is 13.9. The summed E-state index contributed by atoms with van der Waals surface area (Å²) in [6.07, 6.45) is 2.18. The lowest BCUT2D eigenvalue weighted by molar-refractivity contribution is 0.0928. The fourth-order valence-electron chi connectivity index (χ4n) is 3.38. The van der Waals surface area contributed by atoms with Gasteiger partial charge in [0, 0.05) is 38.8 Å². The number of benzene rings is 2. The van der Waals surface area contributed by atoms with Gasteiger partial charge in [-0.15, -0.1) is 11.3 Å². The van der Waals surface area contributed by atoms with Crippen molar-refractivity contribution in [3.8, 4) is 11.1 Å². The van der Waals surface area contributed by atoms with Crippen molar-refractivity contribution in [2.45, 2.75) is 26.4 Å². The number of nitrogens with one attached hydrogen (secondary N) is 1. The molecule has 1 amide bonds. The molecule has 4 nitrogen and oxygen atoms in total. The minimum Gasteiger partial charge on any atom is -0.392 e. The number of aliphatic hydroxyl groups is 1. The maximum absolute atomic E-state index is 13.0. The van der Waals surface area contributed by atoms with Crippen LogP contribution >= 0.6 is 22.9 Å². The summed E-state index contributed by atoms with van der Waals surface area (Å²) < 4.78 is 0.981. The van der Waals surface area contributed by atoms with Crippen LogP contribution in [-0.4, -0.2) is 28.6 Å². The van der Waals surface area contributed by atoms with Gasteiger partial charge in [-0.05, 0) is 42.7 Å². The highest BCUT2D eigenvalue weighted by Crippen LogP contribution is 2.42. The number of aryl methyl sites for hydroxylation is 1. The average Bonchev–Trinajstić information content (AvgIpc) is 3.12. The number of aliphatic hydroxyl groups excluding tert-OH is 1. The van der Waals surface area contributed by atoms with Crippen molar-refractivity contribution in [2.24, 2.45) is 0 Å². The number of hydrogen-bond donors (Lipinski definition) is 2. The Labute approximate surface area is 178 Å². The summed E-state index contributed by atoms with van der Waals surface area (Å²) in [5.41, 5.74) is 3.92. The fourth-order valence-corrected chi connectivity index (χ4v) is 4.79. The summed E-state index contributed by atoms with van der Waals surface area (Å²) in [6.45, 7) is 3.96. The third-order valence-electron chi connectivity index (χ3n) is 4.90. The van der Waals surface area contributed by atoms with Gasteiger partial charge in [0.15, 0.2) is 0 Å². The topological polar surface area (TPSA) is 62.2 Å². The minimum absolute atomic E-state index is 0.197. The Morgan fingerprint density at radius 3 is 2.66 bits per heavy atom. The smallest absolute Gasteiger partial charge is 0.262 e. The molecule has 2 aromatic heterocycles. The van der Waals surface area contributed by atoms with Gasteiger partial charge in [0.25, 0.3) is 5.91 Å². The highest BCUT2D eigenvalue weighted by atomic mass is 35.5. The van der Waals surface area contributed by atoms with Gasteiger partial charge in [0.1, 0.15) is 4.88 Å². The van der Waals surface area contributed by atoms with E-state index in [9.17, 15) is 9.90 Å². The Balaban J connectivity index is 1.96. The molecule has 0 bridgehead atoms. The Morgan fingerprint density at radius 2 is 1.97 bits per heavy atom. The highest BCUT2D eigenvalue weighted by molar-refractivity contribution is 7.22. The Kier molecular flexibility index (Phi) is 5.54. The molecule has 0 aliphatic heterocycles. The van der Waals surface area contributed by atoms with Gasteiger partial charge in [-0.25, -0.2) is 0 Å². The Bertz CT molecular complexity index is 1200. The largest absolute Gasteiger partial charge is 0.392 e. The van der Waals surface area contributed by atoms with Gasteiger partial charge in [-0.3, -0.25) is 9.78 Å². The van der Waals surface area contributed by atoms with Crippen LogP contribution in [0.3, 0.4) is 0 Å². The molecule has 2 aromatic carbocycles. The van der Waals surface area contributed by atoms with Gasteiger partial charge < -0.3 is 10.4 Å². The van der Waals surface area contributed by atoms with Crippen LogP contribution in [0.25, 0.3) is 32.1 Å². The summed E-state index contributed by atoms with van der Waals surface area (Å²) in [5.74, 6) is -0.197. The van der Waals surface area contributed by atoms with E-state index in [0.717, 1.165) is 38.5 Å². The van der Waals surface area contributed by atoms with E-state index < -0.39 is 6.10 Å². The molecular formula is C23H21ClN2O2S. The van der Waals surface area contributed by atoms with E-state index in [4.69, 9.17) is 11.6 Å². The van der Waals surface area contributed by atoms with Crippen LogP contribution in [0.15, 0.2) is 48.7 Å². The van der Waals surface area contributed by atoms with Crippen LogP contribution in [0.2, 0.25) is 5.02 Å². The number of thiophene rings is 1. The molecule has 6 heteroatoms. The Hall–Kier alpha value is -2.47. The zero-order valence-electron chi connectivity index (χ0n) is 16.2. The monoisotopic (exact) mass is 424 g/mol. The molecule has 0 aliphatic rings. The number of halogens is 1. The zero-order chi connectivity index (χ0) is 20.5. The summed E-state index contributed by atoms with van der Waals surface area (Å²) >= 11 is 7.67. The zero-order valence-corrected chi connectivity index (χ0v) is 17.8. The van der Waals surface area contributed by atoms with Crippen molar-refractivity contribution in [1.29, 1.82) is 0 Å². The van der Waals surface area contributed by atoms with Crippen molar-refractivity contribution in [2.75, 3.05) is 6.54 Å². The molecule has 0 fully saturated rings. The van der Waals surface area contributed by atoms with Crippen molar-refractivity contribution >= 4 is 49.8 Å². The maximum Gasteiger partial charge on any atom is 0.262 e. The summed E-state index contributed by atoms with van der Waals surface area (Å²) in [4.78, 5) is 18.2. The molecule has 0 saturated carbocycles. The molecule has 0 radical (unpaired) electrons. The predicted molar refractivity (Wildman–Crippen MR) is 121 cm³/mol. The quantitative estimate of drug-likeness (QED) is 0.448. The molecular weight excluding hydrogens is 404 g/mol. The van der Waals surface area contributed by atoms with Crippen LogP contribution < -0.4 is 5.32 Å². The third-order valence-corrected chi connectivity index (χ3v) is 6.37. The molecule has 0 spiro atoms. The van der Waals surface area contributed by atoms with Gasteiger partial charge in [-0.2, -0.15) is 0 Å².